The summed E-state index contributed by atoms with van der Waals surface area (Å²) in [4.78, 5) is 0. The summed E-state index contributed by atoms with van der Waals surface area (Å²) in [5.74, 6) is -0.194. The highest BCUT2D eigenvalue weighted by Gasteiger charge is 2.43. The molecule has 0 bridgehead atoms. The van der Waals surface area contributed by atoms with E-state index in [0.717, 1.165) is 13.2 Å². The van der Waals surface area contributed by atoms with Gasteiger partial charge in [0.15, 0.2) is 0 Å². The number of benzene rings is 1. The van der Waals surface area contributed by atoms with Gasteiger partial charge in [-0.1, -0.05) is 6.07 Å². The molecule has 1 atom stereocenters. The average molecular weight is 273 g/mol. The molecule has 0 spiro atoms. The van der Waals surface area contributed by atoms with Gasteiger partial charge in [-0.05, 0) is 17.7 Å². The van der Waals surface area contributed by atoms with Gasteiger partial charge in [0.2, 0.25) is 0 Å². The summed E-state index contributed by atoms with van der Waals surface area (Å²) in [7, 11) is 1.11. The number of ether oxygens (including phenoxy) is 1. The van der Waals surface area contributed by atoms with Crippen molar-refractivity contribution in [1.29, 1.82) is 0 Å². The Morgan fingerprint density at radius 1 is 1.11 bits per heavy atom. The molecule has 0 unspecified atom stereocenters. The van der Waals surface area contributed by atoms with E-state index in [1.165, 1.54) is 0 Å². The fourth-order valence-corrected chi connectivity index (χ4v) is 1.36. The maximum atomic E-state index is 12.6. The highest BCUT2D eigenvalue weighted by molar-refractivity contribution is 5.39. The van der Waals surface area contributed by atoms with Gasteiger partial charge in [-0.3, -0.25) is 0 Å². The minimum absolute atomic E-state index is 0.194. The largest absolute Gasteiger partial charge is 0.497 e. The molecule has 2 N–H and O–H groups in total. The Kier molecular flexibility index (Phi) is 3.80. The van der Waals surface area contributed by atoms with Crippen LogP contribution in [-0.2, 0) is 6.18 Å². The number of hydrogen-bond donors (Lipinski definition) is 1. The first kappa shape index (κ1) is 14.6. The Morgan fingerprint density at radius 2 is 1.67 bits per heavy atom. The minimum Gasteiger partial charge on any atom is -0.497 e. The predicted octanol–water partition coefficient (Wildman–Crippen LogP) is 3.28. The summed E-state index contributed by atoms with van der Waals surface area (Å²) >= 11 is 0. The van der Waals surface area contributed by atoms with Crippen molar-refractivity contribution in [2.75, 3.05) is 7.11 Å². The van der Waals surface area contributed by atoms with E-state index in [0.29, 0.717) is 12.1 Å². The van der Waals surface area contributed by atoms with Gasteiger partial charge in [0.1, 0.15) is 11.8 Å². The van der Waals surface area contributed by atoms with Gasteiger partial charge >= 0.3 is 12.4 Å². The van der Waals surface area contributed by atoms with Gasteiger partial charge < -0.3 is 10.5 Å². The van der Waals surface area contributed by atoms with Crippen LogP contribution in [0.25, 0.3) is 0 Å². The molecule has 0 aliphatic rings. The Hall–Kier alpha value is -1.44. The second-order valence-corrected chi connectivity index (χ2v) is 3.47. The fourth-order valence-electron chi connectivity index (χ4n) is 1.36. The zero-order chi connectivity index (χ0) is 14.1. The Bertz CT molecular complexity index is 425. The topological polar surface area (TPSA) is 35.2 Å². The first-order valence-corrected chi connectivity index (χ1v) is 4.64. The molecule has 0 aliphatic heterocycles. The molecular weight excluding hydrogens is 264 g/mol. The predicted molar refractivity (Wildman–Crippen MR) is 51.0 cm³/mol. The number of nitrogens with two attached hydrogens (primary N) is 1. The first-order chi connectivity index (χ1) is 8.07. The van der Waals surface area contributed by atoms with Crippen molar-refractivity contribution in [2.45, 2.75) is 18.4 Å². The zero-order valence-corrected chi connectivity index (χ0v) is 9.06. The zero-order valence-electron chi connectivity index (χ0n) is 9.06. The first-order valence-electron chi connectivity index (χ1n) is 4.64. The monoisotopic (exact) mass is 273 g/mol. The van der Waals surface area contributed by atoms with E-state index in [4.69, 9.17) is 5.73 Å². The van der Waals surface area contributed by atoms with Crippen molar-refractivity contribution in [2.24, 2.45) is 5.73 Å². The van der Waals surface area contributed by atoms with Crippen molar-refractivity contribution < 1.29 is 31.1 Å². The molecule has 0 saturated heterocycles. The second-order valence-electron chi connectivity index (χ2n) is 3.47. The lowest BCUT2D eigenvalue weighted by molar-refractivity contribution is -0.155. The van der Waals surface area contributed by atoms with E-state index >= 15 is 0 Å². The lowest BCUT2D eigenvalue weighted by Crippen LogP contribution is -2.30. The molecule has 102 valence electrons. The van der Waals surface area contributed by atoms with E-state index < -0.39 is 29.5 Å². The number of alkyl halides is 6. The third kappa shape index (κ3) is 3.06. The van der Waals surface area contributed by atoms with Crippen molar-refractivity contribution in [3.05, 3.63) is 29.3 Å². The van der Waals surface area contributed by atoms with E-state index in [2.05, 4.69) is 4.74 Å². The quantitative estimate of drug-likeness (QED) is 0.839. The van der Waals surface area contributed by atoms with Crippen LogP contribution in [0, 0.1) is 0 Å². The highest BCUT2D eigenvalue weighted by Crippen LogP contribution is 2.40. The van der Waals surface area contributed by atoms with E-state index in [-0.39, 0.29) is 5.75 Å². The normalized spacial score (nSPS) is 14.4. The van der Waals surface area contributed by atoms with Crippen molar-refractivity contribution in [3.8, 4) is 5.75 Å². The van der Waals surface area contributed by atoms with E-state index in [1.807, 2.05) is 0 Å². The maximum absolute atomic E-state index is 12.6. The molecule has 0 amide bonds. The van der Waals surface area contributed by atoms with Crippen LogP contribution in [0.3, 0.4) is 0 Å². The van der Waals surface area contributed by atoms with Gasteiger partial charge in [-0.15, -0.1) is 0 Å². The molecule has 0 radical (unpaired) electrons. The molecule has 1 rings (SSSR count). The Morgan fingerprint density at radius 3 is 2.06 bits per heavy atom. The summed E-state index contributed by atoms with van der Waals surface area (Å²) in [6.45, 7) is 0. The Labute approximate surface area is 98.3 Å². The number of rotatable bonds is 2. The van der Waals surface area contributed by atoms with Gasteiger partial charge in [0, 0.05) is 0 Å². The van der Waals surface area contributed by atoms with Gasteiger partial charge in [0.25, 0.3) is 0 Å². The third-order valence-electron chi connectivity index (χ3n) is 2.25. The van der Waals surface area contributed by atoms with Crippen LogP contribution >= 0.6 is 0 Å². The molecule has 1 aromatic carbocycles. The summed E-state index contributed by atoms with van der Waals surface area (Å²) in [6, 6.07) is -0.545. The van der Waals surface area contributed by atoms with Gasteiger partial charge in [-0.25, -0.2) is 0 Å². The smallest absolute Gasteiger partial charge is 0.416 e. The minimum atomic E-state index is -4.95. The van der Waals surface area contributed by atoms with Crippen LogP contribution in [0.15, 0.2) is 18.2 Å². The summed E-state index contributed by atoms with van der Waals surface area (Å²) in [5, 5.41) is 0. The molecule has 0 aromatic heterocycles. The van der Waals surface area contributed by atoms with E-state index in [1.54, 1.807) is 0 Å². The van der Waals surface area contributed by atoms with Crippen molar-refractivity contribution >= 4 is 0 Å². The SMILES string of the molecule is COc1ccc([C@H](N)C(F)(F)F)c(C(F)(F)F)c1. The standard InChI is InChI=1S/C10H9F6NO/c1-18-5-2-3-6(8(17)10(14,15)16)7(4-5)9(11,12)13/h2-4,8H,17H2,1H3/t8-/m0/s1. The summed E-state index contributed by atoms with van der Waals surface area (Å²) in [6.07, 6.45) is -9.89. The second kappa shape index (κ2) is 4.68. The molecule has 2 nitrogen and oxygen atoms in total. The number of halogens is 6. The highest BCUT2D eigenvalue weighted by atomic mass is 19.4. The van der Waals surface area contributed by atoms with Crippen LogP contribution in [0.4, 0.5) is 26.3 Å². The van der Waals surface area contributed by atoms with Crippen LogP contribution in [0.1, 0.15) is 17.2 Å². The molecular formula is C10H9F6NO. The van der Waals surface area contributed by atoms with Crippen molar-refractivity contribution in [3.63, 3.8) is 0 Å². The van der Waals surface area contributed by atoms with E-state index in [9.17, 15) is 26.3 Å². The molecule has 0 heterocycles. The third-order valence-corrected chi connectivity index (χ3v) is 2.25. The molecule has 0 saturated carbocycles. The Balaban J connectivity index is 3.36. The van der Waals surface area contributed by atoms with Crippen LogP contribution in [-0.4, -0.2) is 13.3 Å². The summed E-state index contributed by atoms with van der Waals surface area (Å²) < 4.78 is 79.5. The van der Waals surface area contributed by atoms with Gasteiger partial charge in [-0.2, -0.15) is 26.3 Å². The molecule has 8 heteroatoms. The molecule has 0 aliphatic carbocycles. The molecule has 18 heavy (non-hydrogen) atoms. The maximum Gasteiger partial charge on any atom is 0.416 e. The molecule has 1 aromatic rings. The lowest BCUT2D eigenvalue weighted by Gasteiger charge is -2.21. The van der Waals surface area contributed by atoms with Crippen LogP contribution < -0.4 is 10.5 Å². The summed E-state index contributed by atoms with van der Waals surface area (Å²) in [5.41, 5.74) is 2.31. The number of methoxy groups -OCH3 is 1. The number of hydrogen-bond acceptors (Lipinski definition) is 2. The van der Waals surface area contributed by atoms with Gasteiger partial charge in [0.05, 0.1) is 12.7 Å². The fraction of sp³-hybridized carbons (Fsp3) is 0.400. The van der Waals surface area contributed by atoms with Crippen LogP contribution in [0.5, 0.6) is 5.75 Å². The lowest BCUT2D eigenvalue weighted by atomic mass is 9.99. The average Bonchev–Trinajstić information content (AvgIpc) is 2.24. The molecule has 0 fully saturated rings. The van der Waals surface area contributed by atoms with Crippen molar-refractivity contribution in [1.82, 2.24) is 0 Å². The van der Waals surface area contributed by atoms with Crippen LogP contribution in [0.2, 0.25) is 0 Å².